The van der Waals surface area contributed by atoms with Gasteiger partial charge in [0.05, 0.1) is 19.8 Å². The van der Waals surface area contributed by atoms with Crippen LogP contribution in [-0.4, -0.2) is 44.4 Å². The Morgan fingerprint density at radius 1 is 1.38 bits per heavy atom. The smallest absolute Gasteiger partial charge is 0.166 e. The van der Waals surface area contributed by atoms with Gasteiger partial charge in [-0.1, -0.05) is 12.1 Å². The highest BCUT2D eigenvalue weighted by molar-refractivity contribution is 7.99. The molecule has 2 unspecified atom stereocenters. The fraction of sp³-hybridized carbons (Fsp3) is 0.625. The van der Waals surface area contributed by atoms with Crippen LogP contribution >= 0.6 is 11.8 Å². The first-order valence-corrected chi connectivity index (χ1v) is 8.77. The molecule has 0 spiro atoms. The third-order valence-electron chi connectivity index (χ3n) is 3.90. The summed E-state index contributed by atoms with van der Waals surface area (Å²) in [4.78, 5) is 0. The summed E-state index contributed by atoms with van der Waals surface area (Å²) < 4.78 is 17.7. The van der Waals surface area contributed by atoms with Gasteiger partial charge in [0.1, 0.15) is 6.10 Å². The Hall–Kier alpha value is -0.910. The first kappa shape index (κ1) is 15.0. The minimum Gasteiger partial charge on any atom is -0.492 e. The minimum atomic E-state index is 0.0398. The van der Waals surface area contributed by atoms with Crippen molar-refractivity contribution in [2.75, 3.05) is 38.3 Å². The Balaban J connectivity index is 1.79. The number of benzene rings is 1. The van der Waals surface area contributed by atoms with Crippen LogP contribution in [0.5, 0.6) is 11.5 Å². The Bertz CT molecular complexity index is 457. The van der Waals surface area contributed by atoms with Gasteiger partial charge in [0.15, 0.2) is 11.5 Å². The first-order chi connectivity index (χ1) is 10.4. The second-order valence-corrected chi connectivity index (χ2v) is 6.55. The fourth-order valence-electron chi connectivity index (χ4n) is 2.85. The van der Waals surface area contributed by atoms with Crippen LogP contribution in [0.2, 0.25) is 0 Å². The van der Waals surface area contributed by atoms with Crippen molar-refractivity contribution in [3.8, 4) is 11.5 Å². The van der Waals surface area contributed by atoms with Crippen molar-refractivity contribution in [2.24, 2.45) is 0 Å². The predicted molar refractivity (Wildman–Crippen MR) is 85.5 cm³/mol. The summed E-state index contributed by atoms with van der Waals surface area (Å²) >= 11 is 1.97. The number of morpholine rings is 1. The maximum atomic E-state index is 6.19. The highest BCUT2D eigenvalue weighted by Gasteiger charge is 2.24. The average Bonchev–Trinajstić information content (AvgIpc) is 2.56. The molecule has 116 valence electrons. The lowest BCUT2D eigenvalue weighted by Gasteiger charge is -2.28. The summed E-state index contributed by atoms with van der Waals surface area (Å²) in [6.07, 6.45) is 2.69. The van der Waals surface area contributed by atoms with E-state index in [0.717, 1.165) is 48.9 Å². The summed E-state index contributed by atoms with van der Waals surface area (Å²) in [6.45, 7) is 2.46. The van der Waals surface area contributed by atoms with Crippen LogP contribution in [0.1, 0.15) is 24.5 Å². The highest BCUT2D eigenvalue weighted by Crippen LogP contribution is 2.38. The zero-order chi connectivity index (χ0) is 14.5. The van der Waals surface area contributed by atoms with E-state index in [2.05, 4.69) is 11.4 Å². The lowest BCUT2D eigenvalue weighted by Crippen LogP contribution is -2.33. The molecule has 0 saturated carbocycles. The van der Waals surface area contributed by atoms with Gasteiger partial charge in [0, 0.05) is 24.4 Å². The largest absolute Gasteiger partial charge is 0.492 e. The van der Waals surface area contributed by atoms with Crippen molar-refractivity contribution in [1.82, 2.24) is 5.32 Å². The van der Waals surface area contributed by atoms with E-state index in [1.165, 1.54) is 12.2 Å². The molecule has 3 rings (SSSR count). The van der Waals surface area contributed by atoms with E-state index in [1.54, 1.807) is 7.11 Å². The van der Waals surface area contributed by atoms with Gasteiger partial charge in [0.25, 0.3) is 0 Å². The van der Waals surface area contributed by atoms with E-state index in [0.29, 0.717) is 6.10 Å². The quantitative estimate of drug-likeness (QED) is 0.926. The third-order valence-corrected chi connectivity index (χ3v) is 5.08. The van der Waals surface area contributed by atoms with Crippen molar-refractivity contribution in [1.29, 1.82) is 0 Å². The molecule has 0 radical (unpaired) electrons. The molecule has 1 N–H and O–H groups in total. The molecule has 0 amide bonds. The van der Waals surface area contributed by atoms with E-state index in [4.69, 9.17) is 14.2 Å². The highest BCUT2D eigenvalue weighted by atomic mass is 32.2. The number of rotatable bonds is 4. The molecule has 2 aliphatic heterocycles. The summed E-state index contributed by atoms with van der Waals surface area (Å²) in [5, 5.41) is 3.36. The summed E-state index contributed by atoms with van der Waals surface area (Å²) in [5.41, 5.74) is 1.07. The van der Waals surface area contributed by atoms with E-state index in [1.807, 2.05) is 23.9 Å². The topological polar surface area (TPSA) is 39.7 Å². The van der Waals surface area contributed by atoms with Gasteiger partial charge in [0.2, 0.25) is 0 Å². The monoisotopic (exact) mass is 309 g/mol. The fourth-order valence-corrected chi connectivity index (χ4v) is 3.88. The zero-order valence-corrected chi connectivity index (χ0v) is 13.3. The predicted octanol–water partition coefficient (Wildman–Crippen LogP) is 2.63. The van der Waals surface area contributed by atoms with Crippen molar-refractivity contribution >= 4 is 11.8 Å². The van der Waals surface area contributed by atoms with Crippen molar-refractivity contribution < 1.29 is 14.2 Å². The maximum Gasteiger partial charge on any atom is 0.166 e. The van der Waals surface area contributed by atoms with Crippen LogP contribution in [-0.2, 0) is 4.74 Å². The van der Waals surface area contributed by atoms with Crippen LogP contribution < -0.4 is 14.8 Å². The molecule has 2 saturated heterocycles. The van der Waals surface area contributed by atoms with Crippen LogP contribution in [0.4, 0.5) is 0 Å². The Morgan fingerprint density at radius 3 is 3.05 bits per heavy atom. The van der Waals surface area contributed by atoms with E-state index in [9.17, 15) is 0 Å². The van der Waals surface area contributed by atoms with Crippen molar-refractivity contribution in [2.45, 2.75) is 25.0 Å². The van der Waals surface area contributed by atoms with Crippen molar-refractivity contribution in [3.63, 3.8) is 0 Å². The molecule has 1 aromatic rings. The number of hydrogen-bond donors (Lipinski definition) is 1. The van der Waals surface area contributed by atoms with E-state index >= 15 is 0 Å². The molecule has 1 aromatic carbocycles. The molecule has 5 heteroatoms. The Kier molecular flexibility index (Phi) is 5.27. The molecule has 4 nitrogen and oxygen atoms in total. The summed E-state index contributed by atoms with van der Waals surface area (Å²) in [5.74, 6) is 3.98. The second-order valence-electron chi connectivity index (χ2n) is 5.40. The van der Waals surface area contributed by atoms with Gasteiger partial charge < -0.3 is 19.5 Å². The standard InChI is InChI=1S/C16H23NO3S/c1-18-16-13(15-10-17-7-8-19-15)5-2-6-14(16)20-12-4-3-9-21-11-12/h2,5-6,12,15,17H,3-4,7-11H2,1H3. The molecule has 21 heavy (non-hydrogen) atoms. The maximum absolute atomic E-state index is 6.19. The van der Waals surface area contributed by atoms with Gasteiger partial charge in [-0.25, -0.2) is 0 Å². The lowest BCUT2D eigenvalue weighted by molar-refractivity contribution is 0.0259. The molecular weight excluding hydrogens is 286 g/mol. The Labute approximate surface area is 130 Å². The van der Waals surface area contributed by atoms with Gasteiger partial charge >= 0.3 is 0 Å². The van der Waals surface area contributed by atoms with Gasteiger partial charge in [-0.2, -0.15) is 11.8 Å². The number of nitrogens with one attached hydrogen (secondary N) is 1. The number of ether oxygens (including phenoxy) is 3. The number of para-hydroxylation sites is 1. The lowest BCUT2D eigenvalue weighted by atomic mass is 10.1. The molecule has 0 aromatic heterocycles. The molecule has 2 aliphatic rings. The van der Waals surface area contributed by atoms with Crippen LogP contribution in [0.15, 0.2) is 18.2 Å². The SMILES string of the molecule is COc1c(OC2CCCSC2)cccc1C1CNCCO1. The number of methoxy groups -OCH3 is 1. The molecule has 0 bridgehead atoms. The van der Waals surface area contributed by atoms with Gasteiger partial charge in [-0.05, 0) is 24.7 Å². The van der Waals surface area contributed by atoms with Crippen LogP contribution in [0.3, 0.4) is 0 Å². The van der Waals surface area contributed by atoms with Gasteiger partial charge in [-0.3, -0.25) is 0 Å². The third kappa shape index (κ3) is 3.65. The average molecular weight is 309 g/mol. The molecule has 2 atom stereocenters. The zero-order valence-electron chi connectivity index (χ0n) is 12.5. The van der Waals surface area contributed by atoms with Gasteiger partial charge in [-0.15, -0.1) is 0 Å². The second kappa shape index (κ2) is 7.38. The van der Waals surface area contributed by atoms with Crippen LogP contribution in [0.25, 0.3) is 0 Å². The number of thioether (sulfide) groups is 1. The number of hydrogen-bond acceptors (Lipinski definition) is 5. The molecule has 2 fully saturated rings. The van der Waals surface area contributed by atoms with Crippen molar-refractivity contribution in [3.05, 3.63) is 23.8 Å². The normalized spacial score (nSPS) is 26.3. The van der Waals surface area contributed by atoms with Crippen LogP contribution in [0, 0.1) is 0 Å². The summed E-state index contributed by atoms with van der Waals surface area (Å²) in [7, 11) is 1.71. The van der Waals surface area contributed by atoms with E-state index < -0.39 is 0 Å². The molecular formula is C16H23NO3S. The van der Waals surface area contributed by atoms with E-state index in [-0.39, 0.29) is 6.10 Å². The molecule has 0 aliphatic carbocycles. The first-order valence-electron chi connectivity index (χ1n) is 7.62. The molecule has 2 heterocycles. The Morgan fingerprint density at radius 2 is 2.33 bits per heavy atom. The summed E-state index contributed by atoms with van der Waals surface area (Å²) in [6, 6.07) is 6.10. The minimum absolute atomic E-state index is 0.0398.